The molecule has 0 N–H and O–H groups in total. The van der Waals surface area contributed by atoms with Crippen molar-refractivity contribution in [3.05, 3.63) is 49.1 Å². The number of hydrogen-bond acceptors (Lipinski definition) is 4. The van der Waals surface area contributed by atoms with E-state index in [2.05, 4.69) is 29.2 Å². The summed E-state index contributed by atoms with van der Waals surface area (Å²) in [7, 11) is 0. The second-order valence-electron chi connectivity index (χ2n) is 4.40. The molecule has 2 aromatic rings. The van der Waals surface area contributed by atoms with Gasteiger partial charge in [0.2, 0.25) is 0 Å². The molecule has 1 aromatic heterocycles. The van der Waals surface area contributed by atoms with Gasteiger partial charge in [0.05, 0.1) is 25.6 Å². The second-order valence-corrected chi connectivity index (χ2v) is 5.50. The lowest BCUT2D eigenvalue weighted by atomic mass is 10.4. The number of imidazole rings is 1. The molecule has 100 valence electrons. The lowest BCUT2D eigenvalue weighted by Gasteiger charge is -2.11. The van der Waals surface area contributed by atoms with Crippen LogP contribution in [0.5, 0.6) is 0 Å². The van der Waals surface area contributed by atoms with Crippen molar-refractivity contribution in [3.63, 3.8) is 0 Å². The Hall–Kier alpha value is -1.30. The Bertz CT molecular complexity index is 489. The number of hydrogen-bond donors (Lipinski definition) is 0. The van der Waals surface area contributed by atoms with Gasteiger partial charge >= 0.3 is 0 Å². The third-order valence-corrected chi connectivity index (χ3v) is 4.05. The van der Waals surface area contributed by atoms with E-state index in [1.807, 2.05) is 16.8 Å². The summed E-state index contributed by atoms with van der Waals surface area (Å²) in [4.78, 5) is 5.27. The first-order chi connectivity index (χ1) is 9.40. The average Bonchev–Trinajstić information content (AvgIpc) is 3.10. The van der Waals surface area contributed by atoms with E-state index in [4.69, 9.17) is 9.47 Å². The molecule has 4 nitrogen and oxygen atoms in total. The van der Waals surface area contributed by atoms with E-state index in [1.165, 1.54) is 4.90 Å². The van der Waals surface area contributed by atoms with E-state index in [-0.39, 0.29) is 12.4 Å². The summed E-state index contributed by atoms with van der Waals surface area (Å²) in [5.41, 5.74) is 0. The van der Waals surface area contributed by atoms with Gasteiger partial charge in [-0.05, 0) is 12.1 Å². The molecule has 1 saturated heterocycles. The zero-order chi connectivity index (χ0) is 12.9. The van der Waals surface area contributed by atoms with Crippen LogP contribution >= 0.6 is 11.8 Å². The zero-order valence-corrected chi connectivity index (χ0v) is 11.3. The van der Waals surface area contributed by atoms with E-state index >= 15 is 0 Å². The Balaban J connectivity index is 1.44. The summed E-state index contributed by atoms with van der Waals surface area (Å²) in [5, 5.41) is 0. The number of benzene rings is 1. The van der Waals surface area contributed by atoms with E-state index in [1.54, 1.807) is 24.3 Å². The maximum absolute atomic E-state index is 5.86. The number of nitrogens with zero attached hydrogens (tertiary/aromatic N) is 2. The maximum Gasteiger partial charge on any atom is 0.175 e. The molecular formula is C14H16N2O2S. The van der Waals surface area contributed by atoms with Crippen LogP contribution in [0.25, 0.3) is 0 Å². The van der Waals surface area contributed by atoms with Crippen molar-refractivity contribution >= 4 is 11.8 Å². The predicted octanol–water partition coefficient (Wildman–Crippen LogP) is 2.42. The summed E-state index contributed by atoms with van der Waals surface area (Å²) >= 11 is 1.80. The van der Waals surface area contributed by atoms with Gasteiger partial charge in [0.25, 0.3) is 0 Å². The molecule has 1 fully saturated rings. The Kier molecular flexibility index (Phi) is 4.17. The Morgan fingerprint density at radius 3 is 3.00 bits per heavy atom. The first-order valence-electron chi connectivity index (χ1n) is 6.31. The van der Waals surface area contributed by atoms with Gasteiger partial charge in [-0.2, -0.15) is 0 Å². The van der Waals surface area contributed by atoms with Crippen molar-refractivity contribution in [2.24, 2.45) is 0 Å². The molecule has 3 rings (SSSR count). The summed E-state index contributed by atoms with van der Waals surface area (Å²) in [6, 6.07) is 10.4. The number of thioether (sulfide) groups is 1. The van der Waals surface area contributed by atoms with Crippen molar-refractivity contribution in [1.82, 2.24) is 9.55 Å². The van der Waals surface area contributed by atoms with Gasteiger partial charge < -0.3 is 14.0 Å². The highest BCUT2D eigenvalue weighted by Crippen LogP contribution is 2.23. The molecule has 1 aromatic carbocycles. The molecule has 2 unspecified atom stereocenters. The molecule has 0 spiro atoms. The fraction of sp³-hybridized carbons (Fsp3) is 0.357. The monoisotopic (exact) mass is 276 g/mol. The molecule has 0 aliphatic carbocycles. The summed E-state index contributed by atoms with van der Waals surface area (Å²) in [6.07, 6.45) is 5.46. The fourth-order valence-corrected chi connectivity index (χ4v) is 2.87. The minimum atomic E-state index is -0.157. The highest BCUT2D eigenvalue weighted by Gasteiger charge is 2.26. The number of aromatic nitrogens is 2. The van der Waals surface area contributed by atoms with Crippen LogP contribution in [0.4, 0.5) is 0 Å². The van der Waals surface area contributed by atoms with Crippen molar-refractivity contribution in [2.75, 3.05) is 12.4 Å². The van der Waals surface area contributed by atoms with Crippen molar-refractivity contribution in [3.8, 4) is 0 Å². The molecule has 1 aliphatic rings. The van der Waals surface area contributed by atoms with Gasteiger partial charge in [0, 0.05) is 23.0 Å². The minimum absolute atomic E-state index is 0.157. The third-order valence-electron chi connectivity index (χ3n) is 2.91. The smallest absolute Gasteiger partial charge is 0.175 e. The molecule has 1 aliphatic heterocycles. The van der Waals surface area contributed by atoms with Gasteiger partial charge in [-0.15, -0.1) is 11.8 Å². The topological polar surface area (TPSA) is 36.3 Å². The van der Waals surface area contributed by atoms with Gasteiger partial charge in [-0.25, -0.2) is 4.98 Å². The molecule has 0 amide bonds. The molecule has 0 bridgehead atoms. The first kappa shape index (κ1) is 12.7. The van der Waals surface area contributed by atoms with Gasteiger partial charge in [0.1, 0.15) is 0 Å². The van der Waals surface area contributed by atoms with Crippen molar-refractivity contribution < 1.29 is 9.47 Å². The van der Waals surface area contributed by atoms with Gasteiger partial charge in [-0.1, -0.05) is 18.2 Å². The largest absolute Gasteiger partial charge is 0.348 e. The van der Waals surface area contributed by atoms with Crippen LogP contribution in [-0.2, 0) is 16.0 Å². The highest BCUT2D eigenvalue weighted by atomic mass is 32.2. The normalized spacial score (nSPS) is 22.7. The van der Waals surface area contributed by atoms with Crippen LogP contribution < -0.4 is 0 Å². The van der Waals surface area contributed by atoms with Crippen molar-refractivity contribution in [2.45, 2.75) is 23.8 Å². The van der Waals surface area contributed by atoms with Crippen LogP contribution in [-0.4, -0.2) is 34.3 Å². The molecular weight excluding hydrogens is 260 g/mol. The first-order valence-corrected chi connectivity index (χ1v) is 7.29. The second kappa shape index (κ2) is 6.23. The SMILES string of the molecule is c1ccc(SCC2COC(Cn3ccnc3)O2)cc1. The Morgan fingerprint density at radius 1 is 1.32 bits per heavy atom. The van der Waals surface area contributed by atoms with Crippen LogP contribution in [0.3, 0.4) is 0 Å². The average molecular weight is 276 g/mol. The summed E-state index contributed by atoms with van der Waals surface area (Å²) < 4.78 is 13.5. The minimum Gasteiger partial charge on any atom is -0.348 e. The standard InChI is InChI=1S/C14H16N2O2S/c1-2-4-13(5-3-1)19-10-12-9-17-14(18-12)8-16-7-6-15-11-16/h1-7,11-12,14H,8-10H2. The quantitative estimate of drug-likeness (QED) is 0.786. The van der Waals surface area contributed by atoms with Crippen LogP contribution in [0.15, 0.2) is 53.9 Å². The number of ether oxygens (including phenoxy) is 2. The van der Waals surface area contributed by atoms with Gasteiger partial charge in [0.15, 0.2) is 6.29 Å². The van der Waals surface area contributed by atoms with E-state index in [9.17, 15) is 0 Å². The molecule has 0 saturated carbocycles. The molecule has 2 heterocycles. The van der Waals surface area contributed by atoms with E-state index < -0.39 is 0 Å². The fourth-order valence-electron chi connectivity index (χ4n) is 1.96. The lowest BCUT2D eigenvalue weighted by Crippen LogP contribution is -2.18. The third kappa shape index (κ3) is 3.59. The Morgan fingerprint density at radius 2 is 2.21 bits per heavy atom. The zero-order valence-electron chi connectivity index (χ0n) is 10.5. The van der Waals surface area contributed by atoms with Crippen molar-refractivity contribution in [1.29, 1.82) is 0 Å². The highest BCUT2D eigenvalue weighted by molar-refractivity contribution is 7.99. The van der Waals surface area contributed by atoms with E-state index in [0.717, 1.165) is 5.75 Å². The van der Waals surface area contributed by atoms with E-state index in [0.29, 0.717) is 13.2 Å². The van der Waals surface area contributed by atoms with Crippen LogP contribution in [0.1, 0.15) is 0 Å². The molecule has 5 heteroatoms. The predicted molar refractivity (Wildman–Crippen MR) is 74.0 cm³/mol. The maximum atomic E-state index is 5.86. The molecule has 2 atom stereocenters. The summed E-state index contributed by atoms with van der Waals surface area (Å²) in [5.74, 6) is 0.921. The number of rotatable bonds is 5. The summed E-state index contributed by atoms with van der Waals surface area (Å²) in [6.45, 7) is 1.37. The Labute approximate surface area is 116 Å². The van der Waals surface area contributed by atoms with Gasteiger partial charge in [-0.3, -0.25) is 0 Å². The molecule has 0 radical (unpaired) electrons. The van der Waals surface area contributed by atoms with Crippen LogP contribution in [0.2, 0.25) is 0 Å². The molecule has 19 heavy (non-hydrogen) atoms. The lowest BCUT2D eigenvalue weighted by molar-refractivity contribution is -0.0640. The van der Waals surface area contributed by atoms with Crippen LogP contribution in [0, 0.1) is 0 Å².